The third-order valence-corrected chi connectivity index (χ3v) is 11.5. The minimum absolute atomic E-state index is 0.0768. The van der Waals surface area contributed by atoms with E-state index < -0.39 is 12.1 Å². The average Bonchev–Trinajstić information content (AvgIpc) is 3.22. The minimum Gasteiger partial charge on any atom is -0.394 e. The molecule has 3 N–H and O–H groups in total. The zero-order chi connectivity index (χ0) is 41.4. The van der Waals surface area contributed by atoms with E-state index in [-0.39, 0.29) is 12.5 Å². The molecular weight excluding hydrogens is 699 g/mol. The molecule has 0 fully saturated rings. The lowest BCUT2D eigenvalue weighted by Crippen LogP contribution is -2.45. The van der Waals surface area contributed by atoms with Crippen molar-refractivity contribution in [1.29, 1.82) is 0 Å². The molecule has 1 amide bonds. The van der Waals surface area contributed by atoms with Crippen LogP contribution in [0.2, 0.25) is 0 Å². The number of unbranched alkanes of at least 4 members (excludes halogenated alkanes) is 33. The maximum absolute atomic E-state index is 12.4. The smallest absolute Gasteiger partial charge is 0.220 e. The Kier molecular flexibility index (Phi) is 47.3. The van der Waals surface area contributed by atoms with E-state index in [1.165, 1.54) is 205 Å². The number of hydrogen-bond donors (Lipinski definition) is 3. The molecule has 0 radical (unpaired) electrons. The van der Waals surface area contributed by atoms with Crippen molar-refractivity contribution in [2.75, 3.05) is 6.61 Å². The van der Waals surface area contributed by atoms with Crippen LogP contribution in [0.1, 0.15) is 264 Å². The van der Waals surface area contributed by atoms with Crippen LogP contribution >= 0.6 is 0 Å². The van der Waals surface area contributed by atoms with Gasteiger partial charge in [0, 0.05) is 6.42 Å². The van der Waals surface area contributed by atoms with Crippen molar-refractivity contribution in [2.45, 2.75) is 276 Å². The van der Waals surface area contributed by atoms with Crippen molar-refractivity contribution in [3.8, 4) is 0 Å². The fourth-order valence-electron chi connectivity index (χ4n) is 7.62. The standard InChI is InChI=1S/C53H99NO3/c1-3-5-7-9-11-13-15-17-19-20-21-22-23-24-25-26-27-28-29-30-31-32-33-35-37-39-41-43-45-47-49-53(57)54-51(50-55)52(56)48-46-44-42-40-38-36-34-18-16-14-12-10-8-6-4-2/h16,18,24-25,38,40,46,48,51-52,55-56H,3-15,17,19-23,26-37,39,41-45,47,49-50H2,1-2H3,(H,54,57)/b18-16+,25-24-,40-38+,48-46+. The van der Waals surface area contributed by atoms with E-state index >= 15 is 0 Å². The highest BCUT2D eigenvalue weighted by atomic mass is 16.3. The van der Waals surface area contributed by atoms with Crippen LogP contribution in [0.4, 0.5) is 0 Å². The van der Waals surface area contributed by atoms with Crippen molar-refractivity contribution >= 4 is 5.91 Å². The number of aliphatic hydroxyl groups is 2. The number of allylic oxidation sites excluding steroid dienone is 7. The topological polar surface area (TPSA) is 69.6 Å². The Morgan fingerprint density at radius 3 is 1.02 bits per heavy atom. The van der Waals surface area contributed by atoms with Crippen molar-refractivity contribution in [2.24, 2.45) is 0 Å². The molecule has 0 rings (SSSR count). The molecule has 0 aromatic rings. The van der Waals surface area contributed by atoms with Gasteiger partial charge in [-0.2, -0.15) is 0 Å². The fraction of sp³-hybridized carbons (Fsp3) is 0.830. The molecule has 0 aromatic heterocycles. The van der Waals surface area contributed by atoms with E-state index in [2.05, 4.69) is 55.6 Å². The van der Waals surface area contributed by atoms with Crippen LogP contribution in [0.15, 0.2) is 48.6 Å². The monoisotopic (exact) mass is 798 g/mol. The van der Waals surface area contributed by atoms with Gasteiger partial charge in [-0.15, -0.1) is 0 Å². The van der Waals surface area contributed by atoms with Gasteiger partial charge in [0.05, 0.1) is 18.8 Å². The first-order valence-corrected chi connectivity index (χ1v) is 25.4. The molecule has 0 bridgehead atoms. The zero-order valence-electron chi connectivity index (χ0n) is 38.4. The Labute approximate surface area is 356 Å². The van der Waals surface area contributed by atoms with Gasteiger partial charge in [0.25, 0.3) is 0 Å². The number of amides is 1. The van der Waals surface area contributed by atoms with Crippen LogP contribution in [0.25, 0.3) is 0 Å². The van der Waals surface area contributed by atoms with Gasteiger partial charge in [0.2, 0.25) is 5.91 Å². The van der Waals surface area contributed by atoms with Gasteiger partial charge in [-0.05, 0) is 70.6 Å². The van der Waals surface area contributed by atoms with E-state index in [1.807, 2.05) is 6.08 Å². The predicted molar refractivity (Wildman–Crippen MR) is 253 cm³/mol. The van der Waals surface area contributed by atoms with Gasteiger partial charge in [-0.3, -0.25) is 4.79 Å². The second-order valence-corrected chi connectivity index (χ2v) is 17.2. The molecule has 0 saturated heterocycles. The Balaban J connectivity index is 3.50. The summed E-state index contributed by atoms with van der Waals surface area (Å²) in [7, 11) is 0. The summed E-state index contributed by atoms with van der Waals surface area (Å²) in [5, 5.41) is 23.0. The summed E-state index contributed by atoms with van der Waals surface area (Å²) in [4.78, 5) is 12.4. The fourth-order valence-corrected chi connectivity index (χ4v) is 7.62. The molecule has 4 nitrogen and oxygen atoms in total. The van der Waals surface area contributed by atoms with Crippen LogP contribution in [-0.4, -0.2) is 34.9 Å². The van der Waals surface area contributed by atoms with Gasteiger partial charge >= 0.3 is 0 Å². The highest BCUT2D eigenvalue weighted by Crippen LogP contribution is 2.16. The molecule has 0 aliphatic rings. The van der Waals surface area contributed by atoms with Gasteiger partial charge in [-0.25, -0.2) is 0 Å². The first kappa shape index (κ1) is 55.4. The van der Waals surface area contributed by atoms with Gasteiger partial charge in [-0.1, -0.05) is 236 Å². The van der Waals surface area contributed by atoms with Crippen LogP contribution in [0.3, 0.4) is 0 Å². The summed E-state index contributed by atoms with van der Waals surface area (Å²) < 4.78 is 0. The molecule has 57 heavy (non-hydrogen) atoms. The number of rotatable bonds is 46. The minimum atomic E-state index is -0.869. The summed E-state index contributed by atoms with van der Waals surface area (Å²) in [6.07, 6.45) is 66.8. The molecule has 0 aliphatic heterocycles. The Morgan fingerprint density at radius 2 is 0.684 bits per heavy atom. The lowest BCUT2D eigenvalue weighted by Gasteiger charge is -2.19. The van der Waals surface area contributed by atoms with Crippen molar-refractivity contribution < 1.29 is 15.0 Å². The molecule has 0 aromatic carbocycles. The van der Waals surface area contributed by atoms with Crippen LogP contribution < -0.4 is 5.32 Å². The largest absolute Gasteiger partial charge is 0.394 e. The second-order valence-electron chi connectivity index (χ2n) is 17.2. The lowest BCUT2D eigenvalue weighted by atomic mass is 10.0. The SMILES string of the molecule is CCCCCCC/C=C/CC/C=C/CC/C=C/C(O)C(CO)NC(=O)CCCCCCCCCCCCCCCC/C=C\CCCCCCCCCCCCCC. The Hall–Kier alpha value is -1.65. The summed E-state index contributed by atoms with van der Waals surface area (Å²) in [6.45, 7) is 4.29. The molecule has 4 heteroatoms. The summed E-state index contributed by atoms with van der Waals surface area (Å²) in [5.41, 5.74) is 0. The first-order valence-electron chi connectivity index (χ1n) is 25.4. The number of nitrogens with one attached hydrogen (secondary N) is 1. The molecule has 0 spiro atoms. The Bertz CT molecular complexity index is 908. The van der Waals surface area contributed by atoms with Gasteiger partial charge in [0.1, 0.15) is 0 Å². The molecule has 2 atom stereocenters. The highest BCUT2D eigenvalue weighted by molar-refractivity contribution is 5.76. The van der Waals surface area contributed by atoms with E-state index in [4.69, 9.17) is 0 Å². The second kappa shape index (κ2) is 48.7. The van der Waals surface area contributed by atoms with Crippen molar-refractivity contribution in [1.82, 2.24) is 5.32 Å². The predicted octanol–water partition coefficient (Wildman–Crippen LogP) is 16.3. The molecular formula is C53H99NO3. The van der Waals surface area contributed by atoms with Gasteiger partial charge < -0.3 is 15.5 Å². The number of aliphatic hydroxyl groups excluding tert-OH is 2. The average molecular weight is 798 g/mol. The highest BCUT2D eigenvalue weighted by Gasteiger charge is 2.17. The van der Waals surface area contributed by atoms with E-state index in [0.717, 1.165) is 38.5 Å². The quantitative estimate of drug-likeness (QED) is 0.0424. The maximum Gasteiger partial charge on any atom is 0.220 e. The van der Waals surface area contributed by atoms with Crippen LogP contribution in [0, 0.1) is 0 Å². The molecule has 2 unspecified atom stereocenters. The van der Waals surface area contributed by atoms with Crippen LogP contribution in [-0.2, 0) is 4.79 Å². The van der Waals surface area contributed by atoms with Crippen molar-refractivity contribution in [3.05, 3.63) is 48.6 Å². The van der Waals surface area contributed by atoms with E-state index in [0.29, 0.717) is 6.42 Å². The number of hydrogen-bond acceptors (Lipinski definition) is 3. The summed E-state index contributed by atoms with van der Waals surface area (Å²) in [6, 6.07) is -0.645. The van der Waals surface area contributed by atoms with Crippen LogP contribution in [0.5, 0.6) is 0 Å². The molecule has 0 heterocycles. The third-order valence-electron chi connectivity index (χ3n) is 11.5. The number of carbonyl (C=O) groups is 1. The summed E-state index contributed by atoms with van der Waals surface area (Å²) in [5.74, 6) is -0.0768. The molecule has 334 valence electrons. The third kappa shape index (κ3) is 45.3. The zero-order valence-corrected chi connectivity index (χ0v) is 38.4. The molecule has 0 saturated carbocycles. The van der Waals surface area contributed by atoms with E-state index in [9.17, 15) is 15.0 Å². The van der Waals surface area contributed by atoms with Gasteiger partial charge in [0.15, 0.2) is 0 Å². The van der Waals surface area contributed by atoms with Crippen molar-refractivity contribution in [3.63, 3.8) is 0 Å². The lowest BCUT2D eigenvalue weighted by molar-refractivity contribution is -0.123. The Morgan fingerprint density at radius 1 is 0.404 bits per heavy atom. The molecule has 0 aliphatic carbocycles. The summed E-state index contributed by atoms with van der Waals surface area (Å²) >= 11 is 0. The van der Waals surface area contributed by atoms with E-state index in [1.54, 1.807) is 6.08 Å². The normalized spacial score (nSPS) is 13.3. The number of carbonyl (C=O) groups excluding carboxylic acids is 1. The first-order chi connectivity index (χ1) is 28.2. The maximum atomic E-state index is 12.4.